The Balaban J connectivity index is 2.01. The van der Waals surface area contributed by atoms with Crippen LogP contribution in [0.25, 0.3) is 0 Å². The van der Waals surface area contributed by atoms with Gasteiger partial charge in [0.2, 0.25) is 20.1 Å². The largest absolute Gasteiger partial charge is 0.486 e. The van der Waals surface area contributed by atoms with E-state index in [0.29, 0.717) is 23.5 Å². The molecule has 0 saturated carbocycles. The van der Waals surface area contributed by atoms with E-state index in [-0.39, 0.29) is 22.1 Å². The number of hydrogen-bond acceptors (Lipinski definition) is 7. The monoisotopic (exact) mass is 514 g/mol. The topological polar surface area (TPSA) is 109 Å². The van der Waals surface area contributed by atoms with E-state index < -0.39 is 54.1 Å². The Hall–Kier alpha value is -3.12. The Morgan fingerprint density at radius 1 is 1.09 bits per heavy atom. The molecule has 3 rings (SSSR count). The molecule has 1 heterocycles. The fraction of sp³-hybridized carbons (Fsp3) is 0.273. The van der Waals surface area contributed by atoms with Gasteiger partial charge in [-0.2, -0.15) is 4.98 Å². The van der Waals surface area contributed by atoms with E-state index >= 15 is 0 Å². The van der Waals surface area contributed by atoms with Crippen molar-refractivity contribution in [3.05, 3.63) is 64.3 Å². The van der Waals surface area contributed by atoms with E-state index in [1.165, 1.54) is 25.1 Å². The summed E-state index contributed by atoms with van der Waals surface area (Å²) in [6.45, 7) is 6.58. The van der Waals surface area contributed by atoms with Crippen molar-refractivity contribution in [1.82, 2.24) is 4.98 Å². The van der Waals surface area contributed by atoms with Gasteiger partial charge >= 0.3 is 6.09 Å². The van der Waals surface area contributed by atoms with Crippen LogP contribution in [0.1, 0.15) is 44.2 Å². The fourth-order valence-electron chi connectivity index (χ4n) is 3.06. The summed E-state index contributed by atoms with van der Waals surface area (Å²) in [5.74, 6) is -4.12. The molecule has 1 amide bonds. The van der Waals surface area contributed by atoms with Crippen LogP contribution in [0, 0.1) is 17.5 Å². The maximum atomic E-state index is 14.9. The highest BCUT2D eigenvalue weighted by Gasteiger charge is 2.35. The number of nitrogens with two attached hydrogens (primary N) is 1. The molecule has 2 N–H and O–H groups in total. The molecule has 2 aromatic carbocycles. The van der Waals surface area contributed by atoms with E-state index in [4.69, 9.17) is 15.2 Å². The van der Waals surface area contributed by atoms with E-state index in [9.17, 15) is 26.4 Å². The number of aromatic nitrogens is 1. The van der Waals surface area contributed by atoms with Crippen LogP contribution < -0.4 is 15.2 Å². The highest BCUT2D eigenvalue weighted by Crippen LogP contribution is 2.41. The maximum Gasteiger partial charge on any atom is 0.411 e. The molecule has 182 valence electrons. The number of carbonyl (C=O) groups excluding carboxylic acids is 1. The molecule has 0 saturated heterocycles. The number of halogens is 3. The van der Waals surface area contributed by atoms with Crippen LogP contribution in [0.2, 0.25) is 0 Å². The second kappa shape index (κ2) is 9.26. The van der Waals surface area contributed by atoms with Gasteiger partial charge in [0.25, 0.3) is 0 Å². The Bertz CT molecular complexity index is 1330. The summed E-state index contributed by atoms with van der Waals surface area (Å²) in [5, 5.41) is 0. The first-order valence-corrected chi connectivity index (χ1v) is 12.2. The maximum absolute atomic E-state index is 14.9. The van der Waals surface area contributed by atoms with Gasteiger partial charge < -0.3 is 15.2 Å². The number of benzene rings is 2. The predicted octanol–water partition coefficient (Wildman–Crippen LogP) is 5.29. The molecule has 12 heteroatoms. The van der Waals surface area contributed by atoms with Crippen molar-refractivity contribution in [2.75, 3.05) is 0 Å². The molecule has 1 aromatic heterocycles. The minimum absolute atomic E-state index is 0.152. The Kier molecular flexibility index (Phi) is 6.94. The lowest BCUT2D eigenvalue weighted by atomic mass is 9.95. The highest BCUT2D eigenvalue weighted by molar-refractivity contribution is 7.93. The lowest BCUT2D eigenvalue weighted by Gasteiger charge is -2.16. The number of amides is 1. The van der Waals surface area contributed by atoms with Gasteiger partial charge in [-0.25, -0.2) is 26.4 Å². The van der Waals surface area contributed by atoms with Crippen LogP contribution in [0.5, 0.6) is 11.6 Å². The second-order valence-electron chi connectivity index (χ2n) is 8.29. The van der Waals surface area contributed by atoms with Gasteiger partial charge in [0.15, 0.2) is 0 Å². The summed E-state index contributed by atoms with van der Waals surface area (Å²) < 4.78 is 79.4. The second-order valence-corrected chi connectivity index (χ2v) is 11.3. The summed E-state index contributed by atoms with van der Waals surface area (Å²) >= 11 is 0.603. The van der Waals surface area contributed by atoms with Gasteiger partial charge in [0.1, 0.15) is 34.2 Å². The van der Waals surface area contributed by atoms with Crippen LogP contribution >= 0.6 is 11.3 Å². The molecule has 34 heavy (non-hydrogen) atoms. The van der Waals surface area contributed by atoms with Crippen LogP contribution in [0.15, 0.2) is 45.6 Å². The van der Waals surface area contributed by atoms with Gasteiger partial charge in [0.05, 0.1) is 4.88 Å². The van der Waals surface area contributed by atoms with Crippen molar-refractivity contribution >= 4 is 27.3 Å². The van der Waals surface area contributed by atoms with Crippen LogP contribution in [-0.2, 0) is 15.3 Å². The van der Waals surface area contributed by atoms with E-state index in [1.807, 2.05) is 0 Å². The predicted molar refractivity (Wildman–Crippen MR) is 118 cm³/mol. The molecule has 3 aromatic rings. The van der Waals surface area contributed by atoms with Crippen molar-refractivity contribution in [3.8, 4) is 11.6 Å². The van der Waals surface area contributed by atoms with Gasteiger partial charge in [-0.15, -0.1) is 11.3 Å². The molecular weight excluding hydrogens is 493 g/mol. The number of thiazole rings is 1. The van der Waals surface area contributed by atoms with E-state index in [1.54, 1.807) is 26.8 Å². The smallest absolute Gasteiger partial charge is 0.411 e. The van der Waals surface area contributed by atoms with Crippen molar-refractivity contribution in [1.29, 1.82) is 0 Å². The zero-order valence-corrected chi connectivity index (χ0v) is 20.2. The number of carbonyl (C=O) groups is 1. The normalized spacial score (nSPS) is 12.9. The van der Waals surface area contributed by atoms with Gasteiger partial charge in [-0.3, -0.25) is 0 Å². The number of nitrogens with zero attached hydrogens (tertiary/aromatic N) is 1. The standard InChI is InChI=1S/C22H21F3N2O5S2/c1-11(13-7-5-6-8-14(13)23)31-12-9-15(24)17(16(25)10-12)34(29,30)21-27-19(32-20(26)28)18(33-21)22(2,3)4/h5-11H,1-4H3,(H2,26,28)/t11-/m0/s1. The average Bonchev–Trinajstić information content (AvgIpc) is 3.12. The SMILES string of the molecule is C[C@H](Oc1cc(F)c(S(=O)(=O)c2nc(OC(N)=O)c(C(C)(C)C)s2)c(F)c1)c1ccccc1F. The lowest BCUT2D eigenvalue weighted by molar-refractivity contribution is 0.208. The highest BCUT2D eigenvalue weighted by atomic mass is 32.2. The number of hydrogen-bond donors (Lipinski definition) is 1. The van der Waals surface area contributed by atoms with Gasteiger partial charge in [0, 0.05) is 23.1 Å². The molecule has 0 aliphatic heterocycles. The molecule has 0 aliphatic rings. The third kappa shape index (κ3) is 5.17. The van der Waals surface area contributed by atoms with Crippen LogP contribution in [0.3, 0.4) is 0 Å². The molecule has 0 radical (unpaired) electrons. The number of primary amides is 1. The number of sulfone groups is 1. The lowest BCUT2D eigenvalue weighted by Crippen LogP contribution is -2.19. The number of ether oxygens (including phenoxy) is 2. The molecule has 0 fully saturated rings. The minimum atomic E-state index is -4.79. The summed E-state index contributed by atoms with van der Waals surface area (Å²) in [6.07, 6.45) is -2.13. The van der Waals surface area contributed by atoms with Crippen molar-refractivity contribution < 1.29 is 35.9 Å². The van der Waals surface area contributed by atoms with Crippen molar-refractivity contribution in [3.63, 3.8) is 0 Å². The zero-order chi connectivity index (χ0) is 25.4. The Morgan fingerprint density at radius 2 is 1.68 bits per heavy atom. The van der Waals surface area contributed by atoms with E-state index in [0.717, 1.165) is 0 Å². The van der Waals surface area contributed by atoms with Crippen molar-refractivity contribution in [2.45, 2.75) is 48.4 Å². The first-order valence-electron chi connectivity index (χ1n) is 9.85. The molecule has 0 bridgehead atoms. The quantitative estimate of drug-likeness (QED) is 0.479. The number of rotatable bonds is 6. The molecule has 1 atom stereocenters. The van der Waals surface area contributed by atoms with Crippen LogP contribution in [0.4, 0.5) is 18.0 Å². The molecular formula is C22H21F3N2O5S2. The average molecular weight is 515 g/mol. The third-order valence-corrected chi connectivity index (χ3v) is 8.23. The minimum Gasteiger partial charge on any atom is -0.486 e. The summed E-state index contributed by atoms with van der Waals surface area (Å²) in [6, 6.07) is 7.09. The molecule has 0 unspecified atom stereocenters. The molecule has 0 aliphatic carbocycles. The van der Waals surface area contributed by atoms with Gasteiger partial charge in [-0.1, -0.05) is 39.0 Å². The van der Waals surface area contributed by atoms with Gasteiger partial charge in [-0.05, 0) is 13.0 Å². The molecule has 0 spiro atoms. The third-order valence-electron chi connectivity index (χ3n) is 4.58. The van der Waals surface area contributed by atoms with Crippen molar-refractivity contribution in [2.24, 2.45) is 5.73 Å². The Morgan fingerprint density at radius 3 is 2.21 bits per heavy atom. The summed E-state index contributed by atoms with van der Waals surface area (Å²) in [4.78, 5) is 13.9. The Labute approximate surface area is 198 Å². The van der Waals surface area contributed by atoms with Crippen LogP contribution in [-0.4, -0.2) is 19.5 Å². The molecule has 7 nitrogen and oxygen atoms in total. The first kappa shape index (κ1) is 25.5. The first-order chi connectivity index (χ1) is 15.7. The zero-order valence-electron chi connectivity index (χ0n) is 18.6. The summed E-state index contributed by atoms with van der Waals surface area (Å²) in [7, 11) is -4.79. The van der Waals surface area contributed by atoms with E-state index in [2.05, 4.69) is 4.98 Å². The fourth-order valence-corrected chi connectivity index (χ4v) is 5.79. The summed E-state index contributed by atoms with van der Waals surface area (Å²) in [5.41, 5.74) is 4.46.